The molecule has 0 amide bonds. The molecule has 1 unspecified atom stereocenters. The quantitative estimate of drug-likeness (QED) is 0.767. The molecule has 2 N–H and O–H groups in total. The Morgan fingerprint density at radius 3 is 3.07 bits per heavy atom. The minimum absolute atomic E-state index is 0.648. The maximum Gasteiger partial charge on any atom is 0.103 e. The van der Waals surface area contributed by atoms with Crippen molar-refractivity contribution in [2.24, 2.45) is 0 Å². The zero-order valence-electron chi connectivity index (χ0n) is 8.57. The summed E-state index contributed by atoms with van der Waals surface area (Å²) in [5.74, 6) is 0. The van der Waals surface area contributed by atoms with Gasteiger partial charge in [0.15, 0.2) is 0 Å². The van der Waals surface area contributed by atoms with E-state index in [-0.39, 0.29) is 0 Å². The molecule has 2 nitrogen and oxygen atoms in total. The van der Waals surface area contributed by atoms with Crippen molar-refractivity contribution in [3.63, 3.8) is 0 Å². The normalized spacial score (nSPS) is 25.4. The third kappa shape index (κ3) is 2.25. The van der Waals surface area contributed by atoms with Crippen LogP contribution in [0.1, 0.15) is 12.0 Å². The van der Waals surface area contributed by atoms with Crippen LogP contribution in [-0.4, -0.2) is 18.2 Å². The molecule has 0 aliphatic carbocycles. The van der Waals surface area contributed by atoms with E-state index < -0.39 is 5.60 Å². The van der Waals surface area contributed by atoms with Gasteiger partial charge in [-0.05, 0) is 36.1 Å². The fourth-order valence-corrected chi connectivity index (χ4v) is 2.42. The lowest BCUT2D eigenvalue weighted by Gasteiger charge is -2.22. The fraction of sp³-hybridized carbons (Fsp3) is 0.333. The minimum Gasteiger partial charge on any atom is -0.384 e. The van der Waals surface area contributed by atoms with Gasteiger partial charge in [-0.25, -0.2) is 0 Å². The van der Waals surface area contributed by atoms with Crippen molar-refractivity contribution in [2.75, 3.05) is 13.1 Å². The molecule has 1 atom stereocenters. The number of nitrogens with one attached hydrogen (secondary N) is 1. The summed E-state index contributed by atoms with van der Waals surface area (Å²) in [6.45, 7) is 5.22. The number of hydrogen-bond donors (Lipinski definition) is 2. The van der Waals surface area contributed by atoms with Crippen molar-refractivity contribution >= 4 is 11.8 Å². The van der Waals surface area contributed by atoms with Gasteiger partial charge in [-0.1, -0.05) is 30.5 Å². The number of rotatable bonds is 3. The second-order valence-electron chi connectivity index (χ2n) is 3.77. The Labute approximate surface area is 94.4 Å². The van der Waals surface area contributed by atoms with Gasteiger partial charge in [0.1, 0.15) is 5.60 Å². The standard InChI is InChI=1S/C12H15NOS/c1-2-15-11-5-3-4-10(8-11)12(14)6-7-13-9-12/h2-5,8,13-14H,1,6-7,9H2. The summed E-state index contributed by atoms with van der Waals surface area (Å²) in [6.07, 6.45) is 0.787. The maximum atomic E-state index is 10.4. The Kier molecular flexibility index (Phi) is 3.14. The molecule has 1 aliphatic heterocycles. The second kappa shape index (κ2) is 4.39. The average molecular weight is 221 g/mol. The SMILES string of the molecule is C=CSc1cccc(C2(O)CCNC2)c1. The van der Waals surface area contributed by atoms with Gasteiger partial charge < -0.3 is 10.4 Å². The number of β-amino-alcohol motifs (C(OH)–C–C–N with tert-alkyl or cyclic N) is 1. The lowest BCUT2D eigenvalue weighted by atomic mass is 9.93. The van der Waals surface area contributed by atoms with E-state index in [1.807, 2.05) is 24.3 Å². The Morgan fingerprint density at radius 2 is 2.40 bits per heavy atom. The average Bonchev–Trinajstić information content (AvgIpc) is 2.68. The first-order chi connectivity index (χ1) is 7.24. The van der Waals surface area contributed by atoms with E-state index in [4.69, 9.17) is 0 Å². The Balaban J connectivity index is 2.27. The summed E-state index contributed by atoms with van der Waals surface area (Å²) in [6, 6.07) is 8.04. The first-order valence-electron chi connectivity index (χ1n) is 5.06. The summed E-state index contributed by atoms with van der Waals surface area (Å²) < 4.78 is 0. The number of aliphatic hydroxyl groups is 1. The molecule has 1 fully saturated rings. The van der Waals surface area contributed by atoms with Crippen LogP contribution in [0.25, 0.3) is 0 Å². The summed E-state index contributed by atoms with van der Waals surface area (Å²) in [5, 5.41) is 15.3. The molecule has 1 saturated heterocycles. The van der Waals surface area contributed by atoms with E-state index in [1.54, 1.807) is 17.2 Å². The van der Waals surface area contributed by atoms with Gasteiger partial charge in [0.25, 0.3) is 0 Å². The van der Waals surface area contributed by atoms with E-state index in [9.17, 15) is 5.11 Å². The third-order valence-corrected chi connectivity index (χ3v) is 3.42. The highest BCUT2D eigenvalue weighted by Gasteiger charge is 2.32. The molecule has 1 aromatic rings. The molecular formula is C12H15NOS. The molecule has 1 heterocycles. The van der Waals surface area contributed by atoms with Gasteiger partial charge in [0.05, 0.1) is 0 Å². The highest BCUT2D eigenvalue weighted by Crippen LogP contribution is 2.30. The van der Waals surface area contributed by atoms with Crippen LogP contribution in [0.3, 0.4) is 0 Å². The number of benzene rings is 1. The molecule has 0 spiro atoms. The van der Waals surface area contributed by atoms with E-state index in [1.165, 1.54) is 0 Å². The van der Waals surface area contributed by atoms with Crippen molar-refractivity contribution in [1.29, 1.82) is 0 Å². The highest BCUT2D eigenvalue weighted by molar-refractivity contribution is 8.02. The molecule has 3 heteroatoms. The van der Waals surface area contributed by atoms with Gasteiger partial charge in [0.2, 0.25) is 0 Å². The molecule has 80 valence electrons. The molecule has 2 rings (SSSR count). The van der Waals surface area contributed by atoms with Crippen LogP contribution in [0.2, 0.25) is 0 Å². The van der Waals surface area contributed by atoms with Crippen molar-refractivity contribution in [1.82, 2.24) is 5.32 Å². The van der Waals surface area contributed by atoms with Crippen LogP contribution in [0.4, 0.5) is 0 Å². The summed E-state index contributed by atoms with van der Waals surface area (Å²) in [7, 11) is 0. The molecule has 1 aliphatic rings. The van der Waals surface area contributed by atoms with Crippen molar-refractivity contribution in [2.45, 2.75) is 16.9 Å². The van der Waals surface area contributed by atoms with E-state index in [0.717, 1.165) is 23.4 Å². The van der Waals surface area contributed by atoms with E-state index in [2.05, 4.69) is 11.9 Å². The lowest BCUT2D eigenvalue weighted by Crippen LogP contribution is -2.28. The lowest BCUT2D eigenvalue weighted by molar-refractivity contribution is 0.0585. The molecule has 0 bridgehead atoms. The molecule has 1 aromatic carbocycles. The third-order valence-electron chi connectivity index (χ3n) is 2.72. The topological polar surface area (TPSA) is 32.3 Å². The Bertz CT molecular complexity index is 358. The van der Waals surface area contributed by atoms with Gasteiger partial charge in [0, 0.05) is 11.4 Å². The van der Waals surface area contributed by atoms with Crippen LogP contribution < -0.4 is 5.32 Å². The van der Waals surface area contributed by atoms with Gasteiger partial charge in [-0.15, -0.1) is 0 Å². The van der Waals surface area contributed by atoms with Crippen LogP contribution >= 0.6 is 11.8 Å². The first kappa shape index (κ1) is 10.7. The minimum atomic E-state index is -0.683. The van der Waals surface area contributed by atoms with Crippen molar-refractivity contribution < 1.29 is 5.11 Å². The molecule has 0 aromatic heterocycles. The van der Waals surface area contributed by atoms with Crippen molar-refractivity contribution in [3.8, 4) is 0 Å². The largest absolute Gasteiger partial charge is 0.384 e. The van der Waals surface area contributed by atoms with Crippen LogP contribution in [0.15, 0.2) is 41.1 Å². The van der Waals surface area contributed by atoms with E-state index >= 15 is 0 Å². The van der Waals surface area contributed by atoms with Crippen molar-refractivity contribution in [3.05, 3.63) is 41.8 Å². The summed E-state index contributed by atoms with van der Waals surface area (Å²) >= 11 is 1.58. The second-order valence-corrected chi connectivity index (χ2v) is 4.81. The van der Waals surface area contributed by atoms with E-state index in [0.29, 0.717) is 6.54 Å². The Morgan fingerprint density at radius 1 is 1.53 bits per heavy atom. The zero-order chi connectivity index (χ0) is 10.7. The molecule has 0 saturated carbocycles. The fourth-order valence-electron chi connectivity index (χ4n) is 1.88. The monoisotopic (exact) mass is 221 g/mol. The molecular weight excluding hydrogens is 206 g/mol. The summed E-state index contributed by atoms with van der Waals surface area (Å²) in [5.41, 5.74) is 0.317. The maximum absolute atomic E-state index is 10.4. The van der Waals surface area contributed by atoms with Crippen LogP contribution in [0.5, 0.6) is 0 Å². The highest BCUT2D eigenvalue weighted by atomic mass is 32.2. The molecule has 15 heavy (non-hydrogen) atoms. The van der Waals surface area contributed by atoms with Crippen LogP contribution in [-0.2, 0) is 5.60 Å². The van der Waals surface area contributed by atoms with Gasteiger partial charge in [-0.2, -0.15) is 0 Å². The predicted molar refractivity (Wildman–Crippen MR) is 63.9 cm³/mol. The number of thioether (sulfide) groups is 1. The predicted octanol–water partition coefficient (Wildman–Crippen LogP) is 2.10. The van der Waals surface area contributed by atoms with Gasteiger partial charge >= 0.3 is 0 Å². The van der Waals surface area contributed by atoms with Crippen LogP contribution in [0, 0.1) is 0 Å². The number of hydrogen-bond acceptors (Lipinski definition) is 3. The summed E-state index contributed by atoms with van der Waals surface area (Å²) in [4.78, 5) is 1.13. The molecule has 0 radical (unpaired) electrons. The smallest absolute Gasteiger partial charge is 0.103 e. The Hall–Kier alpha value is -0.770. The first-order valence-corrected chi connectivity index (χ1v) is 5.94. The van der Waals surface area contributed by atoms with Gasteiger partial charge in [-0.3, -0.25) is 0 Å². The zero-order valence-corrected chi connectivity index (χ0v) is 9.39.